The summed E-state index contributed by atoms with van der Waals surface area (Å²) in [6.45, 7) is 2.72. The molecule has 1 N–H and O–H groups in total. The lowest BCUT2D eigenvalue weighted by molar-refractivity contribution is 0.504. The standard InChI is InChI=1S/C14H15F2NS/c1-2-17-14(9-11-4-3-7-18-11)12-6-5-10(15)8-13(12)16/h3-8,14,17H,2,9H2,1H3. The average Bonchev–Trinajstić information content (AvgIpc) is 2.81. The van der Waals surface area contributed by atoms with Crippen LogP contribution >= 0.6 is 11.3 Å². The van der Waals surface area contributed by atoms with Gasteiger partial charge in [0, 0.05) is 29.0 Å². The zero-order chi connectivity index (χ0) is 13.0. The lowest BCUT2D eigenvalue weighted by Crippen LogP contribution is -2.23. The van der Waals surface area contributed by atoms with Crippen molar-refractivity contribution < 1.29 is 8.78 Å². The van der Waals surface area contributed by atoms with Gasteiger partial charge in [-0.25, -0.2) is 8.78 Å². The van der Waals surface area contributed by atoms with E-state index in [1.807, 2.05) is 24.4 Å². The molecule has 96 valence electrons. The minimum atomic E-state index is -0.539. The van der Waals surface area contributed by atoms with E-state index >= 15 is 0 Å². The topological polar surface area (TPSA) is 12.0 Å². The van der Waals surface area contributed by atoms with E-state index in [-0.39, 0.29) is 6.04 Å². The second-order valence-electron chi connectivity index (χ2n) is 4.06. The van der Waals surface area contributed by atoms with Gasteiger partial charge in [0.15, 0.2) is 0 Å². The maximum absolute atomic E-state index is 13.8. The van der Waals surface area contributed by atoms with E-state index in [4.69, 9.17) is 0 Å². The summed E-state index contributed by atoms with van der Waals surface area (Å²) in [5.74, 6) is -1.03. The number of hydrogen-bond donors (Lipinski definition) is 1. The molecule has 1 atom stereocenters. The lowest BCUT2D eigenvalue weighted by Gasteiger charge is -2.18. The third kappa shape index (κ3) is 3.15. The first-order valence-electron chi connectivity index (χ1n) is 5.91. The predicted octanol–water partition coefficient (Wildman–Crippen LogP) is 3.92. The summed E-state index contributed by atoms with van der Waals surface area (Å²) in [5, 5.41) is 5.24. The molecule has 0 radical (unpaired) electrons. The van der Waals surface area contributed by atoms with E-state index in [1.165, 1.54) is 17.0 Å². The molecule has 1 unspecified atom stereocenters. The largest absolute Gasteiger partial charge is 0.310 e. The van der Waals surface area contributed by atoms with Gasteiger partial charge in [-0.2, -0.15) is 0 Å². The van der Waals surface area contributed by atoms with Crippen molar-refractivity contribution >= 4 is 11.3 Å². The summed E-state index contributed by atoms with van der Waals surface area (Å²) in [4.78, 5) is 1.18. The van der Waals surface area contributed by atoms with Gasteiger partial charge in [0.05, 0.1) is 0 Å². The van der Waals surface area contributed by atoms with Gasteiger partial charge in [0.2, 0.25) is 0 Å². The monoisotopic (exact) mass is 267 g/mol. The maximum Gasteiger partial charge on any atom is 0.130 e. The van der Waals surface area contributed by atoms with Crippen molar-refractivity contribution in [3.8, 4) is 0 Å². The summed E-state index contributed by atoms with van der Waals surface area (Å²) >= 11 is 1.64. The van der Waals surface area contributed by atoms with Crippen LogP contribution in [0.15, 0.2) is 35.7 Å². The van der Waals surface area contributed by atoms with Crippen LogP contribution in [-0.4, -0.2) is 6.54 Å². The molecule has 18 heavy (non-hydrogen) atoms. The van der Waals surface area contributed by atoms with Gasteiger partial charge in [-0.3, -0.25) is 0 Å². The van der Waals surface area contributed by atoms with E-state index in [0.29, 0.717) is 12.0 Å². The molecule has 0 aliphatic heterocycles. The van der Waals surface area contributed by atoms with E-state index < -0.39 is 11.6 Å². The zero-order valence-electron chi connectivity index (χ0n) is 10.1. The molecule has 0 aliphatic carbocycles. The third-order valence-electron chi connectivity index (χ3n) is 2.77. The summed E-state index contributed by atoms with van der Waals surface area (Å²) < 4.78 is 26.7. The van der Waals surface area contributed by atoms with Gasteiger partial charge in [0.1, 0.15) is 11.6 Å². The molecule has 0 saturated heterocycles. The lowest BCUT2D eigenvalue weighted by atomic mass is 10.0. The molecule has 0 saturated carbocycles. The Morgan fingerprint density at radius 3 is 2.72 bits per heavy atom. The molecule has 0 fully saturated rings. The second kappa shape index (κ2) is 6.07. The minimum absolute atomic E-state index is 0.116. The van der Waals surface area contributed by atoms with Crippen molar-refractivity contribution in [2.24, 2.45) is 0 Å². The first-order chi connectivity index (χ1) is 8.70. The number of nitrogens with one attached hydrogen (secondary N) is 1. The van der Waals surface area contributed by atoms with E-state index in [1.54, 1.807) is 11.3 Å². The van der Waals surface area contributed by atoms with Crippen LogP contribution < -0.4 is 5.32 Å². The van der Waals surface area contributed by atoms with Crippen LogP contribution in [0.5, 0.6) is 0 Å². The zero-order valence-corrected chi connectivity index (χ0v) is 10.9. The molecule has 1 aromatic heterocycles. The molecule has 1 nitrogen and oxygen atoms in total. The summed E-state index contributed by atoms with van der Waals surface area (Å²) in [6.07, 6.45) is 0.716. The van der Waals surface area contributed by atoms with Gasteiger partial charge in [-0.1, -0.05) is 19.1 Å². The third-order valence-corrected chi connectivity index (χ3v) is 3.67. The minimum Gasteiger partial charge on any atom is -0.310 e. The van der Waals surface area contributed by atoms with Gasteiger partial charge >= 0.3 is 0 Å². The van der Waals surface area contributed by atoms with Crippen molar-refractivity contribution in [1.82, 2.24) is 5.32 Å². The fourth-order valence-corrected chi connectivity index (χ4v) is 2.70. The summed E-state index contributed by atoms with van der Waals surface area (Å²) in [5.41, 5.74) is 0.520. The molecular weight excluding hydrogens is 252 g/mol. The number of hydrogen-bond acceptors (Lipinski definition) is 2. The molecule has 2 aromatic rings. The Morgan fingerprint density at radius 2 is 2.11 bits per heavy atom. The maximum atomic E-state index is 13.8. The Kier molecular flexibility index (Phi) is 4.44. The van der Waals surface area contributed by atoms with Crippen LogP contribution in [0.3, 0.4) is 0 Å². The van der Waals surface area contributed by atoms with Gasteiger partial charge in [0.25, 0.3) is 0 Å². The van der Waals surface area contributed by atoms with Crippen LogP contribution in [0.2, 0.25) is 0 Å². The van der Waals surface area contributed by atoms with Crippen LogP contribution in [0.4, 0.5) is 8.78 Å². The number of likely N-dealkylation sites (N-methyl/N-ethyl adjacent to an activating group) is 1. The highest BCUT2D eigenvalue weighted by Gasteiger charge is 2.16. The SMILES string of the molecule is CCNC(Cc1cccs1)c1ccc(F)cc1F. The smallest absolute Gasteiger partial charge is 0.130 e. The Morgan fingerprint density at radius 1 is 1.28 bits per heavy atom. The first-order valence-corrected chi connectivity index (χ1v) is 6.79. The van der Waals surface area contributed by atoms with E-state index in [0.717, 1.165) is 12.6 Å². The van der Waals surface area contributed by atoms with E-state index in [9.17, 15) is 8.78 Å². The normalized spacial score (nSPS) is 12.6. The Hall–Kier alpha value is -1.26. The molecule has 1 heterocycles. The van der Waals surface area contributed by atoms with Crippen molar-refractivity contribution in [3.05, 3.63) is 57.8 Å². The molecule has 0 bridgehead atoms. The van der Waals surface area contributed by atoms with Crippen molar-refractivity contribution in [3.63, 3.8) is 0 Å². The Labute approximate surface area is 109 Å². The highest BCUT2D eigenvalue weighted by Crippen LogP contribution is 2.24. The van der Waals surface area contributed by atoms with Gasteiger partial charge < -0.3 is 5.32 Å². The number of rotatable bonds is 5. The molecule has 0 spiro atoms. The van der Waals surface area contributed by atoms with Gasteiger partial charge in [-0.05, 0) is 24.1 Å². The average molecular weight is 267 g/mol. The summed E-state index contributed by atoms with van der Waals surface area (Å²) in [6, 6.07) is 7.64. The Bertz CT molecular complexity index is 497. The number of benzene rings is 1. The first kappa shape index (κ1) is 13.2. The van der Waals surface area contributed by atoms with E-state index in [2.05, 4.69) is 5.32 Å². The van der Waals surface area contributed by atoms with Crippen molar-refractivity contribution in [2.45, 2.75) is 19.4 Å². The predicted molar refractivity (Wildman–Crippen MR) is 70.8 cm³/mol. The molecule has 2 rings (SSSR count). The Balaban J connectivity index is 2.23. The highest BCUT2D eigenvalue weighted by molar-refractivity contribution is 7.09. The molecule has 4 heteroatoms. The van der Waals surface area contributed by atoms with Crippen LogP contribution in [-0.2, 0) is 6.42 Å². The molecular formula is C14H15F2NS. The van der Waals surface area contributed by atoms with Gasteiger partial charge in [-0.15, -0.1) is 11.3 Å². The number of halogens is 2. The van der Waals surface area contributed by atoms with Crippen LogP contribution in [0, 0.1) is 11.6 Å². The van der Waals surface area contributed by atoms with Crippen LogP contribution in [0.25, 0.3) is 0 Å². The van der Waals surface area contributed by atoms with Crippen molar-refractivity contribution in [2.75, 3.05) is 6.54 Å². The second-order valence-corrected chi connectivity index (χ2v) is 5.09. The highest BCUT2D eigenvalue weighted by atomic mass is 32.1. The fourth-order valence-electron chi connectivity index (χ4n) is 1.95. The number of thiophene rings is 1. The summed E-state index contributed by atoms with van der Waals surface area (Å²) in [7, 11) is 0. The molecule has 0 aliphatic rings. The molecule has 1 aromatic carbocycles. The van der Waals surface area contributed by atoms with Crippen LogP contribution in [0.1, 0.15) is 23.4 Å². The fraction of sp³-hybridized carbons (Fsp3) is 0.286. The molecule has 0 amide bonds. The quantitative estimate of drug-likeness (QED) is 0.865. The van der Waals surface area contributed by atoms with Crippen molar-refractivity contribution in [1.29, 1.82) is 0 Å².